The number of nitrogens with zero attached hydrogens (tertiary/aromatic N) is 2. The van der Waals surface area contributed by atoms with Crippen LogP contribution in [0, 0.1) is 6.92 Å². The Morgan fingerprint density at radius 1 is 1.43 bits per heavy atom. The zero-order valence-electron chi connectivity index (χ0n) is 13.1. The SMILES string of the molecule is Cc1cc(CN2CCC[C@@H]2C(=O)O)ccc1Oc1cccnc1. The molecule has 0 aliphatic carbocycles. The van der Waals surface area contributed by atoms with Crippen molar-refractivity contribution in [2.75, 3.05) is 6.54 Å². The summed E-state index contributed by atoms with van der Waals surface area (Å²) in [5.41, 5.74) is 2.13. The van der Waals surface area contributed by atoms with Gasteiger partial charge in [-0.25, -0.2) is 0 Å². The number of hydrogen-bond donors (Lipinski definition) is 1. The number of aromatic nitrogens is 1. The zero-order chi connectivity index (χ0) is 16.2. The van der Waals surface area contributed by atoms with Crippen LogP contribution in [-0.4, -0.2) is 33.5 Å². The van der Waals surface area contributed by atoms with E-state index in [4.69, 9.17) is 4.74 Å². The maximum absolute atomic E-state index is 11.3. The topological polar surface area (TPSA) is 62.7 Å². The predicted octanol–water partition coefficient (Wildman–Crippen LogP) is 3.23. The fourth-order valence-corrected chi connectivity index (χ4v) is 2.99. The molecule has 5 nitrogen and oxygen atoms in total. The third-order valence-electron chi connectivity index (χ3n) is 4.14. The molecule has 1 aromatic heterocycles. The Bertz CT molecular complexity index is 688. The normalized spacial score (nSPS) is 18.0. The minimum Gasteiger partial charge on any atom is -0.480 e. The standard InChI is InChI=1S/C18H20N2O3/c1-13-10-14(12-20-9-3-5-16(20)18(21)22)6-7-17(13)23-15-4-2-8-19-11-15/h2,4,6-8,10-11,16H,3,5,9,12H2,1H3,(H,21,22)/t16-/m1/s1. The number of carbonyl (C=O) groups is 1. The van der Waals surface area contributed by atoms with Gasteiger partial charge in [-0.3, -0.25) is 14.7 Å². The van der Waals surface area contributed by atoms with E-state index in [1.54, 1.807) is 12.4 Å². The molecule has 1 N–H and O–H groups in total. The second-order valence-corrected chi connectivity index (χ2v) is 5.86. The highest BCUT2D eigenvalue weighted by atomic mass is 16.5. The Balaban J connectivity index is 1.71. The summed E-state index contributed by atoms with van der Waals surface area (Å²) in [6.45, 7) is 3.49. The van der Waals surface area contributed by atoms with Crippen LogP contribution in [0.1, 0.15) is 24.0 Å². The number of rotatable bonds is 5. The number of likely N-dealkylation sites (tertiary alicyclic amines) is 1. The monoisotopic (exact) mass is 312 g/mol. The van der Waals surface area contributed by atoms with Crippen LogP contribution < -0.4 is 4.74 Å². The molecule has 0 amide bonds. The van der Waals surface area contributed by atoms with Crippen LogP contribution in [-0.2, 0) is 11.3 Å². The highest BCUT2D eigenvalue weighted by Gasteiger charge is 2.30. The fraction of sp³-hybridized carbons (Fsp3) is 0.333. The second kappa shape index (κ2) is 6.79. The Morgan fingerprint density at radius 2 is 2.30 bits per heavy atom. The van der Waals surface area contributed by atoms with Gasteiger partial charge in [0.15, 0.2) is 0 Å². The average molecular weight is 312 g/mol. The van der Waals surface area contributed by atoms with Crippen LogP contribution in [0.2, 0.25) is 0 Å². The van der Waals surface area contributed by atoms with E-state index in [9.17, 15) is 9.90 Å². The van der Waals surface area contributed by atoms with Crippen LogP contribution in [0.5, 0.6) is 11.5 Å². The van der Waals surface area contributed by atoms with Gasteiger partial charge in [-0.1, -0.05) is 12.1 Å². The van der Waals surface area contributed by atoms with Crippen molar-refractivity contribution in [3.8, 4) is 11.5 Å². The minimum absolute atomic E-state index is 0.360. The number of carboxylic acid groups (broad SMARTS) is 1. The molecule has 120 valence electrons. The van der Waals surface area contributed by atoms with Gasteiger partial charge in [0.05, 0.1) is 6.20 Å². The summed E-state index contributed by atoms with van der Waals surface area (Å²) in [6.07, 6.45) is 5.06. The third kappa shape index (κ3) is 3.68. The molecule has 1 fully saturated rings. The van der Waals surface area contributed by atoms with Gasteiger partial charge in [0.1, 0.15) is 17.5 Å². The molecule has 23 heavy (non-hydrogen) atoms. The van der Waals surface area contributed by atoms with Crippen molar-refractivity contribution in [2.24, 2.45) is 0 Å². The van der Waals surface area contributed by atoms with Crippen molar-refractivity contribution in [1.29, 1.82) is 0 Å². The van der Waals surface area contributed by atoms with E-state index in [2.05, 4.69) is 11.1 Å². The summed E-state index contributed by atoms with van der Waals surface area (Å²) in [7, 11) is 0. The molecule has 0 radical (unpaired) electrons. The first-order valence-corrected chi connectivity index (χ1v) is 7.78. The maximum atomic E-state index is 11.3. The quantitative estimate of drug-likeness (QED) is 0.918. The number of carboxylic acids is 1. The van der Waals surface area contributed by atoms with Gasteiger partial charge < -0.3 is 9.84 Å². The Kier molecular flexibility index (Phi) is 4.57. The predicted molar refractivity (Wildman–Crippen MR) is 86.6 cm³/mol. The second-order valence-electron chi connectivity index (χ2n) is 5.86. The van der Waals surface area contributed by atoms with Crippen molar-refractivity contribution in [2.45, 2.75) is 32.4 Å². The molecule has 5 heteroatoms. The Morgan fingerprint density at radius 3 is 3.00 bits per heavy atom. The van der Waals surface area contributed by atoms with Crippen molar-refractivity contribution in [3.05, 3.63) is 53.9 Å². The lowest BCUT2D eigenvalue weighted by Crippen LogP contribution is -2.35. The number of hydrogen-bond acceptors (Lipinski definition) is 4. The van der Waals surface area contributed by atoms with E-state index < -0.39 is 5.97 Å². The van der Waals surface area contributed by atoms with Crippen LogP contribution in [0.25, 0.3) is 0 Å². The molecule has 3 rings (SSSR count). The molecule has 0 unspecified atom stereocenters. The minimum atomic E-state index is -0.726. The first kappa shape index (κ1) is 15.5. The summed E-state index contributed by atoms with van der Waals surface area (Å²) in [5, 5.41) is 9.26. The molecule has 1 aliphatic rings. The zero-order valence-corrected chi connectivity index (χ0v) is 13.1. The number of pyridine rings is 1. The van der Waals surface area contributed by atoms with Gasteiger partial charge >= 0.3 is 5.97 Å². The Labute approximate surface area is 135 Å². The molecular formula is C18H20N2O3. The van der Waals surface area contributed by atoms with Gasteiger partial charge in [0.25, 0.3) is 0 Å². The van der Waals surface area contributed by atoms with Crippen molar-refractivity contribution in [1.82, 2.24) is 9.88 Å². The van der Waals surface area contributed by atoms with Crippen LogP contribution in [0.15, 0.2) is 42.7 Å². The Hall–Kier alpha value is -2.40. The van der Waals surface area contributed by atoms with E-state index in [1.165, 1.54) is 0 Å². The van der Waals surface area contributed by atoms with E-state index in [0.717, 1.165) is 36.3 Å². The third-order valence-corrected chi connectivity index (χ3v) is 4.14. The van der Waals surface area contributed by atoms with E-state index in [-0.39, 0.29) is 6.04 Å². The smallest absolute Gasteiger partial charge is 0.320 e. The number of benzene rings is 1. The molecule has 0 saturated carbocycles. The van der Waals surface area contributed by atoms with Crippen LogP contribution in [0.3, 0.4) is 0 Å². The van der Waals surface area contributed by atoms with E-state index in [1.807, 2.05) is 36.1 Å². The summed E-state index contributed by atoms with van der Waals surface area (Å²) < 4.78 is 5.82. The highest BCUT2D eigenvalue weighted by Crippen LogP contribution is 2.27. The fourth-order valence-electron chi connectivity index (χ4n) is 2.99. The van der Waals surface area contributed by atoms with Gasteiger partial charge in [-0.15, -0.1) is 0 Å². The summed E-state index contributed by atoms with van der Waals surface area (Å²) >= 11 is 0. The molecule has 1 saturated heterocycles. The van der Waals surface area contributed by atoms with Crippen molar-refractivity contribution in [3.63, 3.8) is 0 Å². The molecular weight excluding hydrogens is 292 g/mol. The van der Waals surface area contributed by atoms with Gasteiger partial charge in [-0.2, -0.15) is 0 Å². The molecule has 1 atom stereocenters. The average Bonchev–Trinajstić information content (AvgIpc) is 2.99. The van der Waals surface area contributed by atoms with E-state index >= 15 is 0 Å². The summed E-state index contributed by atoms with van der Waals surface area (Å²) in [5.74, 6) is 0.766. The largest absolute Gasteiger partial charge is 0.480 e. The molecule has 1 aromatic carbocycles. The summed E-state index contributed by atoms with van der Waals surface area (Å²) in [6, 6.07) is 9.32. The van der Waals surface area contributed by atoms with Crippen molar-refractivity contribution < 1.29 is 14.6 Å². The lowest BCUT2D eigenvalue weighted by molar-refractivity contribution is -0.142. The molecule has 2 heterocycles. The maximum Gasteiger partial charge on any atom is 0.320 e. The number of aryl methyl sites for hydroxylation is 1. The van der Waals surface area contributed by atoms with Gasteiger partial charge in [-0.05, 0) is 55.6 Å². The summed E-state index contributed by atoms with van der Waals surface area (Å²) in [4.78, 5) is 17.3. The molecule has 1 aliphatic heterocycles. The highest BCUT2D eigenvalue weighted by molar-refractivity contribution is 5.73. The first-order valence-electron chi connectivity index (χ1n) is 7.78. The first-order chi connectivity index (χ1) is 11.1. The molecule has 2 aromatic rings. The van der Waals surface area contributed by atoms with Crippen LogP contribution in [0.4, 0.5) is 0 Å². The van der Waals surface area contributed by atoms with Gasteiger partial charge in [0.2, 0.25) is 0 Å². The molecule has 0 bridgehead atoms. The van der Waals surface area contributed by atoms with Crippen LogP contribution >= 0.6 is 0 Å². The lowest BCUT2D eigenvalue weighted by Gasteiger charge is -2.21. The van der Waals surface area contributed by atoms with E-state index in [0.29, 0.717) is 12.3 Å². The number of ether oxygens (including phenoxy) is 1. The lowest BCUT2D eigenvalue weighted by atomic mass is 10.1. The van der Waals surface area contributed by atoms with Crippen molar-refractivity contribution >= 4 is 5.97 Å². The number of aliphatic carboxylic acids is 1. The molecule has 0 spiro atoms. The van der Waals surface area contributed by atoms with Gasteiger partial charge in [0, 0.05) is 12.7 Å².